The molecule has 0 aliphatic carbocycles. The highest BCUT2D eigenvalue weighted by atomic mass is 19.1. The van der Waals surface area contributed by atoms with Crippen molar-refractivity contribution in [1.29, 1.82) is 0 Å². The topological polar surface area (TPSA) is 43.6 Å². The molecule has 1 rings (SSSR count). The summed E-state index contributed by atoms with van der Waals surface area (Å²) >= 11 is 0. The Morgan fingerprint density at radius 1 is 1.45 bits per heavy atom. The van der Waals surface area contributed by atoms with Gasteiger partial charge in [0.15, 0.2) is 0 Å². The van der Waals surface area contributed by atoms with Crippen molar-refractivity contribution >= 4 is 0 Å². The molecule has 62 valence electrons. The van der Waals surface area contributed by atoms with Crippen LogP contribution >= 0.6 is 0 Å². The van der Waals surface area contributed by atoms with Crippen LogP contribution < -0.4 is 0 Å². The zero-order valence-electron chi connectivity index (χ0n) is 6.50. The predicted octanol–water partition coefficient (Wildman–Crippen LogP) is 1.00. The zero-order chi connectivity index (χ0) is 8.10. The molecule has 0 spiro atoms. The average molecular weight is 158 g/mol. The third-order valence-electron chi connectivity index (χ3n) is 1.39. The number of rotatable bonds is 4. The highest BCUT2D eigenvalue weighted by Gasteiger charge is 1.98. The molecule has 11 heavy (non-hydrogen) atoms. The minimum atomic E-state index is -0.749. The van der Waals surface area contributed by atoms with Crippen LogP contribution in [0, 0.1) is 6.08 Å². The molecular formula is C6H11FN4. The monoisotopic (exact) mass is 158 g/mol. The normalized spacial score (nSPS) is 10.4. The van der Waals surface area contributed by atoms with Crippen LogP contribution in [0.2, 0.25) is 0 Å². The fourth-order valence-corrected chi connectivity index (χ4v) is 0.822. The van der Waals surface area contributed by atoms with Crippen molar-refractivity contribution in [2.75, 3.05) is 0 Å². The van der Waals surface area contributed by atoms with Gasteiger partial charge in [-0.1, -0.05) is 24.9 Å². The van der Waals surface area contributed by atoms with Crippen molar-refractivity contribution in [1.82, 2.24) is 20.2 Å². The van der Waals surface area contributed by atoms with E-state index < -0.39 is 6.08 Å². The molecule has 0 unspecified atom stereocenters. The van der Waals surface area contributed by atoms with Gasteiger partial charge in [0.2, 0.25) is 0 Å². The van der Waals surface area contributed by atoms with E-state index in [1.165, 1.54) is 4.80 Å². The lowest BCUT2D eigenvalue weighted by atomic mass is 10.2. The summed E-state index contributed by atoms with van der Waals surface area (Å²) in [4.78, 5) is 1.28. The van der Waals surface area contributed by atoms with E-state index in [1.54, 1.807) is 0 Å². The molecular weight excluding hydrogens is 147 g/mol. The number of nitrogens with zero attached hydrogens (tertiary/aromatic N) is 4. The Kier molecular flexibility index (Phi) is 2.95. The van der Waals surface area contributed by atoms with Gasteiger partial charge in [-0.25, -0.2) is 0 Å². The maximum atomic E-state index is 12.1. The van der Waals surface area contributed by atoms with Gasteiger partial charge in [0.05, 0.1) is 6.54 Å². The fraction of sp³-hybridized carbons (Fsp3) is 0.833. The molecule has 0 atom stereocenters. The Bertz CT molecular complexity index is 210. The van der Waals surface area contributed by atoms with Crippen LogP contribution in [0.25, 0.3) is 0 Å². The largest absolute Gasteiger partial charge is 0.347 e. The van der Waals surface area contributed by atoms with E-state index in [2.05, 4.69) is 22.3 Å². The second-order valence-corrected chi connectivity index (χ2v) is 2.36. The summed E-state index contributed by atoms with van der Waals surface area (Å²) in [5.41, 5.74) is 0. The lowest BCUT2D eigenvalue weighted by Gasteiger charge is -1.94. The van der Waals surface area contributed by atoms with Crippen molar-refractivity contribution in [3.05, 3.63) is 6.08 Å². The van der Waals surface area contributed by atoms with Gasteiger partial charge in [-0.2, -0.15) is 9.19 Å². The van der Waals surface area contributed by atoms with E-state index >= 15 is 0 Å². The molecule has 0 saturated carbocycles. The number of tetrazole rings is 1. The summed E-state index contributed by atoms with van der Waals surface area (Å²) < 4.78 is 12.1. The highest BCUT2D eigenvalue weighted by molar-refractivity contribution is 4.46. The van der Waals surface area contributed by atoms with E-state index in [4.69, 9.17) is 0 Å². The minimum absolute atomic E-state index is 0.658. The van der Waals surface area contributed by atoms with Gasteiger partial charge in [0.1, 0.15) is 0 Å². The summed E-state index contributed by atoms with van der Waals surface area (Å²) in [7, 11) is 0. The Hall–Kier alpha value is -1.00. The molecule has 0 aromatic carbocycles. The molecule has 0 fully saturated rings. The van der Waals surface area contributed by atoms with Crippen LogP contribution in [-0.2, 0) is 6.54 Å². The lowest BCUT2D eigenvalue weighted by molar-refractivity contribution is 0.468. The van der Waals surface area contributed by atoms with E-state index in [-0.39, 0.29) is 0 Å². The summed E-state index contributed by atoms with van der Waals surface area (Å²) in [5, 5.41) is 10.0. The second-order valence-electron chi connectivity index (χ2n) is 2.36. The molecule has 0 saturated heterocycles. The smallest absolute Gasteiger partial charge is 0.162 e. The number of aryl methyl sites for hydroxylation is 1. The fourth-order valence-electron chi connectivity index (χ4n) is 0.822. The maximum Gasteiger partial charge on any atom is 0.347 e. The first-order valence-electron chi connectivity index (χ1n) is 3.76. The first-order chi connectivity index (χ1) is 5.33. The molecule has 0 bridgehead atoms. The van der Waals surface area contributed by atoms with Crippen LogP contribution in [0.5, 0.6) is 0 Å². The van der Waals surface area contributed by atoms with Crippen molar-refractivity contribution in [3.63, 3.8) is 0 Å². The van der Waals surface area contributed by atoms with Crippen molar-refractivity contribution in [2.24, 2.45) is 0 Å². The number of halogens is 1. The number of hydrogen-bond acceptors (Lipinski definition) is 3. The van der Waals surface area contributed by atoms with Gasteiger partial charge in [0.25, 0.3) is 0 Å². The first kappa shape index (κ1) is 8.10. The summed E-state index contributed by atoms with van der Waals surface area (Å²) in [6, 6.07) is 0. The molecule has 0 amide bonds. The molecule has 1 heterocycles. The quantitative estimate of drug-likeness (QED) is 0.614. The third kappa shape index (κ3) is 2.61. The highest BCUT2D eigenvalue weighted by Crippen LogP contribution is 1.95. The molecule has 1 aromatic rings. The summed E-state index contributed by atoms with van der Waals surface area (Å²) in [6.45, 7) is 2.76. The molecule has 0 radical (unpaired) electrons. The van der Waals surface area contributed by atoms with Gasteiger partial charge in [0, 0.05) is 0 Å². The number of aromatic nitrogens is 4. The summed E-state index contributed by atoms with van der Waals surface area (Å²) in [6.07, 6.45) is 2.48. The molecule has 5 heteroatoms. The maximum absolute atomic E-state index is 12.1. The zero-order valence-corrected chi connectivity index (χ0v) is 6.50. The Morgan fingerprint density at radius 2 is 2.27 bits per heavy atom. The minimum Gasteiger partial charge on any atom is -0.162 e. The van der Waals surface area contributed by atoms with E-state index in [9.17, 15) is 4.39 Å². The van der Waals surface area contributed by atoms with Crippen LogP contribution in [0.4, 0.5) is 4.39 Å². The second kappa shape index (κ2) is 4.00. The van der Waals surface area contributed by atoms with E-state index in [0.717, 1.165) is 19.3 Å². The molecule has 1 aromatic heterocycles. The van der Waals surface area contributed by atoms with Crippen molar-refractivity contribution < 1.29 is 4.39 Å². The standard InChI is InChI=1S/C6H11FN4/c1-2-3-4-5-11-9-6(7)8-10-11/h2-5H2,1H3. The Balaban J connectivity index is 2.27. The first-order valence-corrected chi connectivity index (χ1v) is 3.76. The Morgan fingerprint density at radius 3 is 2.82 bits per heavy atom. The van der Waals surface area contributed by atoms with E-state index in [0.29, 0.717) is 6.54 Å². The van der Waals surface area contributed by atoms with Gasteiger partial charge < -0.3 is 0 Å². The predicted molar refractivity (Wildman–Crippen MR) is 37.3 cm³/mol. The SMILES string of the molecule is CCCCCn1nnc(F)n1. The summed E-state index contributed by atoms with van der Waals surface area (Å²) in [5.74, 6) is 0. The molecule has 0 N–H and O–H groups in total. The van der Waals surface area contributed by atoms with Gasteiger partial charge in [-0.15, -0.1) is 5.10 Å². The number of hydrogen-bond donors (Lipinski definition) is 0. The van der Waals surface area contributed by atoms with Gasteiger partial charge in [-0.3, -0.25) is 0 Å². The van der Waals surface area contributed by atoms with Gasteiger partial charge >= 0.3 is 6.08 Å². The van der Waals surface area contributed by atoms with Crippen LogP contribution in [0.15, 0.2) is 0 Å². The Labute approximate surface area is 64.4 Å². The molecule has 0 aliphatic rings. The van der Waals surface area contributed by atoms with Gasteiger partial charge in [-0.05, 0) is 11.6 Å². The number of unbranched alkanes of at least 4 members (excludes halogenated alkanes) is 2. The average Bonchev–Trinajstić information content (AvgIpc) is 2.37. The molecule has 4 nitrogen and oxygen atoms in total. The van der Waals surface area contributed by atoms with Crippen LogP contribution in [0.3, 0.4) is 0 Å². The van der Waals surface area contributed by atoms with Crippen molar-refractivity contribution in [3.8, 4) is 0 Å². The van der Waals surface area contributed by atoms with Crippen molar-refractivity contribution in [2.45, 2.75) is 32.7 Å². The van der Waals surface area contributed by atoms with Crippen LogP contribution in [0.1, 0.15) is 26.2 Å². The third-order valence-corrected chi connectivity index (χ3v) is 1.39. The molecule has 0 aliphatic heterocycles. The van der Waals surface area contributed by atoms with E-state index in [1.807, 2.05) is 0 Å². The van der Waals surface area contributed by atoms with Crippen LogP contribution in [-0.4, -0.2) is 20.2 Å². The lowest BCUT2D eigenvalue weighted by Crippen LogP contribution is -2.02.